The van der Waals surface area contributed by atoms with Gasteiger partial charge in [0.25, 0.3) is 0 Å². The first-order valence-corrected chi connectivity index (χ1v) is 7.07. The van der Waals surface area contributed by atoms with Crippen LogP contribution in [0.1, 0.15) is 38.2 Å². The maximum Gasteiger partial charge on any atom is 0.305 e. The van der Waals surface area contributed by atoms with Crippen molar-refractivity contribution >= 4 is 17.8 Å². The number of carbonyl (C=O) groups excluding carboxylic acids is 2. The number of carbonyl (C=O) groups is 2. The third-order valence-corrected chi connectivity index (χ3v) is 2.80. The zero-order chi connectivity index (χ0) is 15.5. The van der Waals surface area contributed by atoms with E-state index in [9.17, 15) is 9.59 Å². The van der Waals surface area contributed by atoms with Crippen LogP contribution in [0.25, 0.3) is 0 Å². The Bertz CT molecular complexity index is 445. The van der Waals surface area contributed by atoms with Crippen molar-refractivity contribution in [2.45, 2.75) is 39.0 Å². The molecule has 0 unspecified atom stereocenters. The molecule has 0 aliphatic carbocycles. The molecule has 1 aromatic rings. The molecule has 0 radical (unpaired) electrons. The lowest BCUT2D eigenvalue weighted by atomic mass is 10.1. The smallest absolute Gasteiger partial charge is 0.305 e. The highest BCUT2D eigenvalue weighted by atomic mass is 16.5. The van der Waals surface area contributed by atoms with Crippen LogP contribution in [-0.4, -0.2) is 30.1 Å². The average Bonchev–Trinajstić information content (AvgIpc) is 2.45. The summed E-state index contributed by atoms with van der Waals surface area (Å²) in [6.45, 7) is 1.92. The second-order valence-corrected chi connectivity index (χ2v) is 4.71. The van der Waals surface area contributed by atoms with Gasteiger partial charge in [0.15, 0.2) is 0 Å². The summed E-state index contributed by atoms with van der Waals surface area (Å²) in [6, 6.07) is 3.71. The molecule has 1 rings (SSSR count). The molecule has 21 heavy (non-hydrogen) atoms. The Hall–Kier alpha value is -2.11. The molecule has 0 amide bonds. The standard InChI is InChI=1S/C15H22N2O4/c1-12(18)20-9-4-10-21-15(19)6-3-2-5-13-7-8-14(16)17-11-13/h7-8,11H,2-6,9-10H2,1H3,(H2,16,17). The summed E-state index contributed by atoms with van der Waals surface area (Å²) in [6.07, 6.45) is 5.22. The largest absolute Gasteiger partial charge is 0.466 e. The molecule has 2 N–H and O–H groups in total. The first kappa shape index (κ1) is 16.9. The van der Waals surface area contributed by atoms with Crippen LogP contribution < -0.4 is 5.73 Å². The second kappa shape index (κ2) is 9.74. The lowest BCUT2D eigenvalue weighted by molar-refractivity contribution is -0.145. The topological polar surface area (TPSA) is 91.5 Å². The number of unbranched alkanes of at least 4 members (excludes halogenated alkanes) is 1. The van der Waals surface area contributed by atoms with Crippen molar-refractivity contribution in [1.82, 2.24) is 4.98 Å². The van der Waals surface area contributed by atoms with Crippen LogP contribution in [0, 0.1) is 0 Å². The molecule has 0 saturated carbocycles. The van der Waals surface area contributed by atoms with Gasteiger partial charge in [0.05, 0.1) is 13.2 Å². The third kappa shape index (κ3) is 8.62. The summed E-state index contributed by atoms with van der Waals surface area (Å²) < 4.78 is 9.77. The number of hydrogen-bond donors (Lipinski definition) is 1. The number of hydrogen-bond acceptors (Lipinski definition) is 6. The van der Waals surface area contributed by atoms with E-state index in [0.717, 1.165) is 24.8 Å². The van der Waals surface area contributed by atoms with Gasteiger partial charge < -0.3 is 15.2 Å². The van der Waals surface area contributed by atoms with Crippen LogP contribution in [0.5, 0.6) is 0 Å². The van der Waals surface area contributed by atoms with Gasteiger partial charge in [-0.2, -0.15) is 0 Å². The number of anilines is 1. The van der Waals surface area contributed by atoms with Gasteiger partial charge in [0, 0.05) is 26.0 Å². The zero-order valence-electron chi connectivity index (χ0n) is 12.3. The van der Waals surface area contributed by atoms with Crippen molar-refractivity contribution in [2.75, 3.05) is 18.9 Å². The molecule has 6 nitrogen and oxygen atoms in total. The molecule has 0 aliphatic rings. The van der Waals surface area contributed by atoms with Gasteiger partial charge in [0.2, 0.25) is 0 Å². The van der Waals surface area contributed by atoms with E-state index in [1.807, 2.05) is 6.07 Å². The van der Waals surface area contributed by atoms with E-state index in [1.165, 1.54) is 6.92 Å². The molecule has 0 atom stereocenters. The van der Waals surface area contributed by atoms with E-state index in [0.29, 0.717) is 18.7 Å². The highest BCUT2D eigenvalue weighted by Crippen LogP contribution is 2.07. The Balaban J connectivity index is 2.00. The van der Waals surface area contributed by atoms with Gasteiger partial charge >= 0.3 is 11.9 Å². The Kier molecular flexibility index (Phi) is 7.86. The molecular formula is C15H22N2O4. The predicted molar refractivity (Wildman–Crippen MR) is 78.4 cm³/mol. The molecule has 0 spiro atoms. The first-order chi connectivity index (χ1) is 10.1. The lowest BCUT2D eigenvalue weighted by Crippen LogP contribution is -2.09. The Morgan fingerprint density at radius 2 is 1.90 bits per heavy atom. The minimum atomic E-state index is -0.321. The van der Waals surface area contributed by atoms with Gasteiger partial charge in [-0.05, 0) is 30.9 Å². The van der Waals surface area contributed by atoms with Crippen LogP contribution >= 0.6 is 0 Å². The fourth-order valence-electron chi connectivity index (χ4n) is 1.72. The number of nitrogen functional groups attached to an aromatic ring is 1. The fourth-order valence-corrected chi connectivity index (χ4v) is 1.72. The number of nitrogens with zero attached hydrogens (tertiary/aromatic N) is 1. The van der Waals surface area contributed by atoms with Crippen molar-refractivity contribution in [2.24, 2.45) is 0 Å². The number of aromatic nitrogens is 1. The van der Waals surface area contributed by atoms with E-state index in [2.05, 4.69) is 4.98 Å². The summed E-state index contributed by atoms with van der Waals surface area (Å²) in [5.74, 6) is -0.0252. The summed E-state index contributed by atoms with van der Waals surface area (Å²) in [5.41, 5.74) is 6.62. The Labute approximate surface area is 124 Å². The quantitative estimate of drug-likeness (QED) is 0.552. The maximum absolute atomic E-state index is 11.4. The summed E-state index contributed by atoms with van der Waals surface area (Å²) in [4.78, 5) is 26.0. The van der Waals surface area contributed by atoms with Gasteiger partial charge in [-0.15, -0.1) is 0 Å². The van der Waals surface area contributed by atoms with Crippen LogP contribution in [0.2, 0.25) is 0 Å². The zero-order valence-corrected chi connectivity index (χ0v) is 12.3. The highest BCUT2D eigenvalue weighted by Gasteiger charge is 2.03. The van der Waals surface area contributed by atoms with Crippen LogP contribution in [-0.2, 0) is 25.5 Å². The van der Waals surface area contributed by atoms with Crippen LogP contribution in [0.15, 0.2) is 18.3 Å². The number of ether oxygens (including phenoxy) is 2. The SMILES string of the molecule is CC(=O)OCCCOC(=O)CCCCc1ccc(N)nc1. The van der Waals surface area contributed by atoms with Crippen LogP contribution in [0.4, 0.5) is 5.82 Å². The normalized spacial score (nSPS) is 10.1. The number of pyridine rings is 1. The molecule has 6 heteroatoms. The Morgan fingerprint density at radius 3 is 2.57 bits per heavy atom. The number of aryl methyl sites for hydroxylation is 1. The van der Waals surface area contributed by atoms with Crippen molar-refractivity contribution < 1.29 is 19.1 Å². The van der Waals surface area contributed by atoms with Gasteiger partial charge in [-0.1, -0.05) is 6.07 Å². The van der Waals surface area contributed by atoms with Crippen LogP contribution in [0.3, 0.4) is 0 Å². The number of esters is 2. The molecule has 0 bridgehead atoms. The first-order valence-electron chi connectivity index (χ1n) is 7.07. The lowest BCUT2D eigenvalue weighted by Gasteiger charge is -2.05. The van der Waals surface area contributed by atoms with Crippen molar-refractivity contribution in [3.8, 4) is 0 Å². The number of nitrogens with two attached hydrogens (primary N) is 1. The maximum atomic E-state index is 11.4. The molecule has 1 aromatic heterocycles. The third-order valence-electron chi connectivity index (χ3n) is 2.80. The molecule has 0 aromatic carbocycles. The molecule has 0 fully saturated rings. The number of rotatable bonds is 9. The molecule has 1 heterocycles. The summed E-state index contributed by atoms with van der Waals surface area (Å²) in [7, 11) is 0. The molecule has 116 valence electrons. The van der Waals surface area contributed by atoms with E-state index in [-0.39, 0.29) is 25.2 Å². The highest BCUT2D eigenvalue weighted by molar-refractivity contribution is 5.69. The minimum absolute atomic E-state index is 0.215. The minimum Gasteiger partial charge on any atom is -0.466 e. The van der Waals surface area contributed by atoms with Crippen molar-refractivity contribution in [3.63, 3.8) is 0 Å². The average molecular weight is 294 g/mol. The summed E-state index contributed by atoms with van der Waals surface area (Å²) >= 11 is 0. The predicted octanol–water partition coefficient (Wildman–Crippen LogP) is 1.87. The van der Waals surface area contributed by atoms with Gasteiger partial charge in [-0.25, -0.2) is 4.98 Å². The fraction of sp³-hybridized carbons (Fsp3) is 0.533. The van der Waals surface area contributed by atoms with E-state index >= 15 is 0 Å². The second-order valence-electron chi connectivity index (χ2n) is 4.71. The monoisotopic (exact) mass is 294 g/mol. The Morgan fingerprint density at radius 1 is 1.14 bits per heavy atom. The molecule has 0 saturated heterocycles. The summed E-state index contributed by atoms with van der Waals surface area (Å²) in [5, 5.41) is 0. The van der Waals surface area contributed by atoms with Gasteiger partial charge in [0.1, 0.15) is 5.82 Å². The van der Waals surface area contributed by atoms with Gasteiger partial charge in [-0.3, -0.25) is 9.59 Å². The van der Waals surface area contributed by atoms with Crippen molar-refractivity contribution in [1.29, 1.82) is 0 Å². The van der Waals surface area contributed by atoms with E-state index in [1.54, 1.807) is 12.3 Å². The van der Waals surface area contributed by atoms with E-state index < -0.39 is 0 Å². The van der Waals surface area contributed by atoms with E-state index in [4.69, 9.17) is 15.2 Å². The molecule has 0 aliphatic heterocycles. The molecular weight excluding hydrogens is 272 g/mol. The van der Waals surface area contributed by atoms with Crippen molar-refractivity contribution in [3.05, 3.63) is 23.9 Å².